The van der Waals surface area contributed by atoms with Gasteiger partial charge in [-0.25, -0.2) is 0 Å². The topological polar surface area (TPSA) is 20.2 Å². The minimum absolute atomic E-state index is 0.170. The molecule has 16 heavy (non-hydrogen) atoms. The van der Waals surface area contributed by atoms with E-state index in [1.165, 1.54) is 11.1 Å². The van der Waals surface area contributed by atoms with Crippen LogP contribution in [0.25, 0.3) is 0 Å². The Morgan fingerprint density at radius 2 is 1.62 bits per heavy atom. The van der Waals surface area contributed by atoms with Crippen molar-refractivity contribution in [2.24, 2.45) is 0 Å². The SMILES string of the molecule is CC(C)=CCC/C(C)=C/CC/C=C(\I)CO. The van der Waals surface area contributed by atoms with Crippen LogP contribution < -0.4 is 0 Å². The molecule has 0 aliphatic carbocycles. The normalized spacial score (nSPS) is 12.8. The molecule has 0 saturated heterocycles. The third-order valence-corrected chi connectivity index (χ3v) is 3.05. The van der Waals surface area contributed by atoms with Gasteiger partial charge in [-0.15, -0.1) is 0 Å². The summed E-state index contributed by atoms with van der Waals surface area (Å²) in [6.45, 7) is 6.64. The lowest BCUT2D eigenvalue weighted by molar-refractivity contribution is 0.341. The van der Waals surface area contributed by atoms with E-state index in [4.69, 9.17) is 5.11 Å². The van der Waals surface area contributed by atoms with Crippen LogP contribution in [-0.4, -0.2) is 11.7 Å². The van der Waals surface area contributed by atoms with Crippen LogP contribution in [0, 0.1) is 0 Å². The second-order valence-corrected chi connectivity index (χ2v) is 5.64. The lowest BCUT2D eigenvalue weighted by Crippen LogP contribution is -1.80. The molecule has 0 bridgehead atoms. The number of allylic oxidation sites excluding steroid dienone is 5. The predicted octanol–water partition coefficient (Wildman–Crippen LogP) is 4.77. The molecule has 1 nitrogen and oxygen atoms in total. The average Bonchev–Trinajstić information content (AvgIpc) is 2.23. The Bertz CT molecular complexity index is 270. The van der Waals surface area contributed by atoms with Crippen molar-refractivity contribution in [3.8, 4) is 0 Å². The zero-order chi connectivity index (χ0) is 12.4. The first kappa shape index (κ1) is 15.9. The summed E-state index contributed by atoms with van der Waals surface area (Å²) in [5.41, 5.74) is 2.86. The number of hydrogen-bond donors (Lipinski definition) is 1. The molecule has 92 valence electrons. The van der Waals surface area contributed by atoms with Gasteiger partial charge in [-0.3, -0.25) is 0 Å². The molecule has 0 radical (unpaired) electrons. The number of unbranched alkanes of at least 4 members (excludes halogenated alkanes) is 1. The third-order valence-electron chi connectivity index (χ3n) is 2.27. The molecule has 0 rings (SSSR count). The molecule has 0 heterocycles. The summed E-state index contributed by atoms with van der Waals surface area (Å²) in [5.74, 6) is 0. The Kier molecular flexibility index (Phi) is 10.0. The van der Waals surface area contributed by atoms with Crippen molar-refractivity contribution in [3.63, 3.8) is 0 Å². The molecule has 0 aliphatic rings. The first-order valence-corrected chi connectivity index (χ1v) is 6.88. The van der Waals surface area contributed by atoms with E-state index in [9.17, 15) is 0 Å². The Labute approximate surface area is 113 Å². The Hall–Kier alpha value is -0.0900. The maximum absolute atomic E-state index is 8.81. The fourth-order valence-corrected chi connectivity index (χ4v) is 1.64. The van der Waals surface area contributed by atoms with Gasteiger partial charge >= 0.3 is 0 Å². The summed E-state index contributed by atoms with van der Waals surface area (Å²) < 4.78 is 1.04. The predicted molar refractivity (Wildman–Crippen MR) is 80.8 cm³/mol. The van der Waals surface area contributed by atoms with Gasteiger partial charge in [0.1, 0.15) is 0 Å². The summed E-state index contributed by atoms with van der Waals surface area (Å²) >= 11 is 2.18. The van der Waals surface area contributed by atoms with E-state index in [1.54, 1.807) is 0 Å². The van der Waals surface area contributed by atoms with Crippen molar-refractivity contribution in [1.82, 2.24) is 0 Å². The van der Waals surface area contributed by atoms with E-state index in [1.807, 2.05) is 0 Å². The second kappa shape index (κ2) is 10.1. The van der Waals surface area contributed by atoms with Crippen LogP contribution in [0.1, 0.15) is 46.5 Å². The largest absolute Gasteiger partial charge is 0.391 e. The summed E-state index contributed by atoms with van der Waals surface area (Å²) in [6, 6.07) is 0. The van der Waals surface area contributed by atoms with Gasteiger partial charge < -0.3 is 5.11 Å². The van der Waals surface area contributed by atoms with E-state index in [2.05, 4.69) is 61.6 Å². The fraction of sp³-hybridized carbons (Fsp3) is 0.571. The first-order valence-electron chi connectivity index (χ1n) is 5.80. The number of rotatable bonds is 7. The van der Waals surface area contributed by atoms with Crippen LogP contribution in [-0.2, 0) is 0 Å². The van der Waals surface area contributed by atoms with Crippen molar-refractivity contribution in [1.29, 1.82) is 0 Å². The van der Waals surface area contributed by atoms with Gasteiger partial charge in [-0.1, -0.05) is 29.4 Å². The Morgan fingerprint density at radius 3 is 2.19 bits per heavy atom. The molecule has 0 atom stereocenters. The quantitative estimate of drug-likeness (QED) is 0.404. The molecule has 0 fully saturated rings. The van der Waals surface area contributed by atoms with Crippen molar-refractivity contribution < 1.29 is 5.11 Å². The van der Waals surface area contributed by atoms with Crippen LogP contribution in [0.15, 0.2) is 33.0 Å². The van der Waals surface area contributed by atoms with Crippen LogP contribution in [0.5, 0.6) is 0 Å². The second-order valence-electron chi connectivity index (χ2n) is 4.26. The van der Waals surface area contributed by atoms with Gasteiger partial charge in [0.2, 0.25) is 0 Å². The molecule has 0 aliphatic heterocycles. The highest BCUT2D eigenvalue weighted by Gasteiger charge is 1.90. The van der Waals surface area contributed by atoms with E-state index in [0.29, 0.717) is 0 Å². The number of hydrogen-bond acceptors (Lipinski definition) is 1. The number of aliphatic hydroxyl groups excluding tert-OH is 1. The average molecular weight is 334 g/mol. The minimum Gasteiger partial charge on any atom is -0.391 e. The maximum Gasteiger partial charge on any atom is 0.0735 e. The Morgan fingerprint density at radius 1 is 1.00 bits per heavy atom. The third kappa shape index (κ3) is 10.4. The Balaban J connectivity index is 3.75. The van der Waals surface area contributed by atoms with Crippen LogP contribution >= 0.6 is 22.6 Å². The summed E-state index contributed by atoms with van der Waals surface area (Å²) in [5, 5.41) is 8.81. The van der Waals surface area contributed by atoms with E-state index in [0.717, 1.165) is 29.3 Å². The molecular weight excluding hydrogens is 311 g/mol. The summed E-state index contributed by atoms with van der Waals surface area (Å²) in [6.07, 6.45) is 11.1. The number of aliphatic hydroxyl groups is 1. The van der Waals surface area contributed by atoms with Gasteiger partial charge in [-0.05, 0) is 69.0 Å². The van der Waals surface area contributed by atoms with Crippen LogP contribution in [0.3, 0.4) is 0 Å². The molecule has 0 aromatic rings. The fourth-order valence-electron chi connectivity index (χ4n) is 1.32. The van der Waals surface area contributed by atoms with Crippen LogP contribution in [0.4, 0.5) is 0 Å². The van der Waals surface area contributed by atoms with E-state index in [-0.39, 0.29) is 6.61 Å². The molecule has 0 aromatic carbocycles. The molecule has 0 saturated carbocycles. The van der Waals surface area contributed by atoms with Gasteiger partial charge in [0, 0.05) is 3.58 Å². The van der Waals surface area contributed by atoms with Crippen molar-refractivity contribution in [2.75, 3.05) is 6.61 Å². The minimum atomic E-state index is 0.170. The molecule has 0 aromatic heterocycles. The maximum atomic E-state index is 8.81. The van der Waals surface area contributed by atoms with Gasteiger partial charge in [0.05, 0.1) is 6.61 Å². The summed E-state index contributed by atoms with van der Waals surface area (Å²) in [4.78, 5) is 0. The lowest BCUT2D eigenvalue weighted by atomic mass is 10.1. The van der Waals surface area contributed by atoms with E-state index >= 15 is 0 Å². The zero-order valence-corrected chi connectivity index (χ0v) is 12.8. The van der Waals surface area contributed by atoms with Gasteiger partial charge in [-0.2, -0.15) is 0 Å². The van der Waals surface area contributed by atoms with Crippen LogP contribution in [0.2, 0.25) is 0 Å². The monoisotopic (exact) mass is 334 g/mol. The molecule has 1 N–H and O–H groups in total. The molecule has 0 unspecified atom stereocenters. The van der Waals surface area contributed by atoms with Gasteiger partial charge in [0.15, 0.2) is 0 Å². The number of halogens is 1. The molecule has 2 heteroatoms. The van der Waals surface area contributed by atoms with Crippen molar-refractivity contribution in [2.45, 2.75) is 46.5 Å². The molecular formula is C14H23IO. The highest BCUT2D eigenvalue weighted by Crippen LogP contribution is 2.11. The smallest absolute Gasteiger partial charge is 0.0735 e. The van der Waals surface area contributed by atoms with E-state index < -0.39 is 0 Å². The molecule has 0 spiro atoms. The highest BCUT2D eigenvalue weighted by atomic mass is 127. The van der Waals surface area contributed by atoms with Crippen molar-refractivity contribution in [3.05, 3.63) is 33.0 Å². The van der Waals surface area contributed by atoms with Gasteiger partial charge in [0.25, 0.3) is 0 Å². The highest BCUT2D eigenvalue weighted by molar-refractivity contribution is 14.1. The molecule has 0 amide bonds. The summed E-state index contributed by atoms with van der Waals surface area (Å²) in [7, 11) is 0. The first-order chi connectivity index (χ1) is 7.56. The lowest BCUT2D eigenvalue weighted by Gasteiger charge is -1.98. The standard InChI is InChI=1S/C14H23IO/c1-12(2)7-6-9-13(3)8-4-5-10-14(15)11-16/h7-8,10,16H,4-6,9,11H2,1-3H3/b13-8+,14-10-. The van der Waals surface area contributed by atoms with Crippen molar-refractivity contribution >= 4 is 22.6 Å². The zero-order valence-electron chi connectivity index (χ0n) is 10.6.